The zero-order valence-electron chi connectivity index (χ0n) is 12.8. The van der Waals surface area contributed by atoms with Crippen molar-refractivity contribution in [2.75, 3.05) is 4.90 Å². The van der Waals surface area contributed by atoms with E-state index in [1.165, 1.54) is 6.07 Å². The lowest BCUT2D eigenvalue weighted by molar-refractivity contribution is -0.150. The highest BCUT2D eigenvalue weighted by atomic mass is 79.9. The van der Waals surface area contributed by atoms with E-state index in [1.807, 2.05) is 0 Å². The second-order valence-corrected chi connectivity index (χ2v) is 7.60. The first-order chi connectivity index (χ1) is 10.4. The quantitative estimate of drug-likeness (QED) is 0.543. The highest BCUT2D eigenvalue weighted by Crippen LogP contribution is 2.42. The summed E-state index contributed by atoms with van der Waals surface area (Å²) in [5.74, 6) is 0. The molecule has 0 bridgehead atoms. The molecule has 128 valence electrons. The van der Waals surface area contributed by atoms with Crippen molar-refractivity contribution < 1.29 is 22.7 Å². The summed E-state index contributed by atoms with van der Waals surface area (Å²) in [5, 5.41) is 0.387. The maximum atomic E-state index is 13.4. The summed E-state index contributed by atoms with van der Waals surface area (Å²) in [4.78, 5) is 13.1. The average Bonchev–Trinajstić information content (AvgIpc) is 2.35. The number of ether oxygens (including phenoxy) is 1. The molecule has 1 aromatic carbocycles. The molecule has 0 spiro atoms. The van der Waals surface area contributed by atoms with Gasteiger partial charge in [0.2, 0.25) is 0 Å². The maximum absolute atomic E-state index is 13.4. The van der Waals surface area contributed by atoms with Crippen LogP contribution in [-0.4, -0.2) is 23.9 Å². The summed E-state index contributed by atoms with van der Waals surface area (Å²) in [6.07, 6.45) is -5.60. The predicted molar refractivity (Wildman–Crippen MR) is 86.0 cm³/mol. The van der Waals surface area contributed by atoms with Gasteiger partial charge in [-0.15, -0.1) is 0 Å². The summed E-state index contributed by atoms with van der Waals surface area (Å²) < 4.78 is 45.7. The molecule has 0 fully saturated rings. The Morgan fingerprint density at radius 3 is 2.48 bits per heavy atom. The number of alkyl halides is 3. The number of nitrogens with zero attached hydrogens (tertiary/aromatic N) is 1. The lowest BCUT2D eigenvalue weighted by atomic mass is 9.95. The fraction of sp³-hybridized carbons (Fsp3) is 0.533. The van der Waals surface area contributed by atoms with Gasteiger partial charge >= 0.3 is 12.3 Å². The van der Waals surface area contributed by atoms with Crippen molar-refractivity contribution in [1.82, 2.24) is 0 Å². The smallest absolute Gasteiger partial charge is 0.415 e. The third kappa shape index (κ3) is 4.12. The Morgan fingerprint density at radius 2 is 1.96 bits per heavy atom. The van der Waals surface area contributed by atoms with E-state index >= 15 is 0 Å². The summed E-state index contributed by atoms with van der Waals surface area (Å²) in [5.41, 5.74) is -0.136. The molecule has 3 nitrogen and oxygen atoms in total. The second-order valence-electron chi connectivity index (χ2n) is 6.34. The van der Waals surface area contributed by atoms with E-state index in [9.17, 15) is 18.0 Å². The Kier molecular flexibility index (Phi) is 4.93. The molecule has 0 N–H and O–H groups in total. The summed E-state index contributed by atoms with van der Waals surface area (Å²) >= 11 is 9.19. The second kappa shape index (κ2) is 6.16. The van der Waals surface area contributed by atoms with Crippen LogP contribution in [0, 0.1) is 0 Å². The van der Waals surface area contributed by atoms with E-state index in [0.717, 1.165) is 0 Å². The van der Waals surface area contributed by atoms with Crippen LogP contribution in [0.3, 0.4) is 0 Å². The van der Waals surface area contributed by atoms with Crippen LogP contribution in [0.5, 0.6) is 0 Å². The number of anilines is 1. The normalized spacial score (nSPS) is 18.6. The van der Waals surface area contributed by atoms with E-state index in [0.29, 0.717) is 20.0 Å². The Hall–Kier alpha value is -0.950. The highest BCUT2D eigenvalue weighted by Gasteiger charge is 2.49. The molecule has 0 saturated carbocycles. The summed E-state index contributed by atoms with van der Waals surface area (Å²) in [6, 6.07) is 1.09. The first-order valence-electron chi connectivity index (χ1n) is 6.97. The lowest BCUT2D eigenvalue weighted by Crippen LogP contribution is -2.53. The van der Waals surface area contributed by atoms with Crippen molar-refractivity contribution in [1.29, 1.82) is 0 Å². The molecule has 1 amide bonds. The fourth-order valence-corrected chi connectivity index (χ4v) is 2.96. The number of carbonyl (C=O) groups is 1. The molecule has 8 heteroatoms. The van der Waals surface area contributed by atoms with E-state index in [4.69, 9.17) is 16.3 Å². The maximum Gasteiger partial charge on any atom is 0.415 e. The molecule has 1 atom stereocenters. The average molecular weight is 415 g/mol. The van der Waals surface area contributed by atoms with Gasteiger partial charge in [0.25, 0.3) is 0 Å². The minimum Gasteiger partial charge on any atom is -0.443 e. The van der Waals surface area contributed by atoms with Crippen LogP contribution in [0.4, 0.5) is 23.7 Å². The van der Waals surface area contributed by atoms with Gasteiger partial charge in [0.15, 0.2) is 0 Å². The van der Waals surface area contributed by atoms with Gasteiger partial charge in [0.05, 0.1) is 10.7 Å². The van der Waals surface area contributed by atoms with Crippen LogP contribution in [0.15, 0.2) is 16.6 Å². The standard InChI is InChI=1S/C15H16BrClF3NO2/c1-14(2,3)23-13(22)21-11-7-9(16)10(17)6-8(11)4-5-12(21)15(18,19)20/h6-7,12H,4-5H2,1-3H3. The van der Waals surface area contributed by atoms with Crippen LogP contribution in [0.2, 0.25) is 5.02 Å². The highest BCUT2D eigenvalue weighted by molar-refractivity contribution is 9.10. The number of hydrogen-bond acceptors (Lipinski definition) is 2. The van der Waals surface area contributed by atoms with Gasteiger partial charge in [-0.25, -0.2) is 4.79 Å². The molecule has 1 unspecified atom stereocenters. The number of rotatable bonds is 0. The Balaban J connectivity index is 2.51. The van der Waals surface area contributed by atoms with Crippen molar-refractivity contribution in [2.24, 2.45) is 0 Å². The third-order valence-corrected chi connectivity index (χ3v) is 4.54. The molecular formula is C15H16BrClF3NO2. The van der Waals surface area contributed by atoms with E-state index in [-0.39, 0.29) is 18.5 Å². The number of aryl methyl sites for hydroxylation is 1. The SMILES string of the molecule is CC(C)(C)OC(=O)N1c2cc(Br)c(Cl)cc2CCC1C(F)(F)F. The number of hydrogen-bond donors (Lipinski definition) is 0. The Labute approximate surface area is 145 Å². The van der Waals surface area contributed by atoms with E-state index in [2.05, 4.69) is 15.9 Å². The van der Waals surface area contributed by atoms with Gasteiger partial charge in [-0.3, -0.25) is 4.90 Å². The van der Waals surface area contributed by atoms with Crippen molar-refractivity contribution in [2.45, 2.75) is 51.4 Å². The zero-order chi connectivity index (χ0) is 17.6. The molecule has 0 radical (unpaired) electrons. The number of halogens is 5. The minimum absolute atomic E-state index is 0.170. The van der Waals surface area contributed by atoms with Crippen LogP contribution in [-0.2, 0) is 11.2 Å². The minimum atomic E-state index is -4.54. The van der Waals surface area contributed by atoms with Gasteiger partial charge in [0, 0.05) is 4.47 Å². The topological polar surface area (TPSA) is 29.5 Å². The van der Waals surface area contributed by atoms with Gasteiger partial charge in [-0.05, 0) is 67.2 Å². The largest absolute Gasteiger partial charge is 0.443 e. The molecule has 0 aromatic heterocycles. The van der Waals surface area contributed by atoms with Gasteiger partial charge in [-0.2, -0.15) is 13.2 Å². The summed E-state index contributed by atoms with van der Waals surface area (Å²) in [6.45, 7) is 4.82. The molecule has 1 heterocycles. The van der Waals surface area contributed by atoms with Crippen molar-refractivity contribution in [3.05, 3.63) is 27.2 Å². The number of fused-ring (bicyclic) bond motifs is 1. The van der Waals surface area contributed by atoms with E-state index in [1.54, 1.807) is 26.8 Å². The van der Waals surface area contributed by atoms with E-state index < -0.39 is 23.9 Å². The van der Waals surface area contributed by atoms with Crippen molar-refractivity contribution >= 4 is 39.3 Å². The molecule has 1 aliphatic rings. The first-order valence-corrected chi connectivity index (χ1v) is 8.14. The van der Waals surface area contributed by atoms with Crippen molar-refractivity contribution in [3.63, 3.8) is 0 Å². The van der Waals surface area contributed by atoms with Gasteiger partial charge < -0.3 is 4.74 Å². The number of carbonyl (C=O) groups excluding carboxylic acids is 1. The molecule has 2 rings (SSSR count). The third-order valence-electron chi connectivity index (χ3n) is 3.35. The predicted octanol–water partition coefficient (Wildman–Crippen LogP) is 5.72. The van der Waals surface area contributed by atoms with Crippen LogP contribution < -0.4 is 4.90 Å². The molecule has 1 aliphatic heterocycles. The monoisotopic (exact) mass is 413 g/mol. The molecule has 0 saturated heterocycles. The zero-order valence-corrected chi connectivity index (χ0v) is 15.1. The van der Waals surface area contributed by atoms with Gasteiger partial charge in [-0.1, -0.05) is 11.6 Å². The van der Waals surface area contributed by atoms with Crippen molar-refractivity contribution in [3.8, 4) is 0 Å². The number of benzene rings is 1. The molecule has 23 heavy (non-hydrogen) atoms. The molecule has 0 aliphatic carbocycles. The lowest BCUT2D eigenvalue weighted by Gasteiger charge is -2.38. The van der Waals surface area contributed by atoms with Gasteiger partial charge in [0.1, 0.15) is 11.6 Å². The summed E-state index contributed by atoms with van der Waals surface area (Å²) in [7, 11) is 0. The van der Waals surface area contributed by atoms with Crippen LogP contribution in [0.1, 0.15) is 32.8 Å². The molecular weight excluding hydrogens is 399 g/mol. The first kappa shape index (κ1) is 18.4. The van der Waals surface area contributed by atoms with Crippen LogP contribution >= 0.6 is 27.5 Å². The Morgan fingerprint density at radius 1 is 1.35 bits per heavy atom. The number of amides is 1. The molecule has 1 aromatic rings. The Bertz CT molecular complexity index is 628. The fourth-order valence-electron chi connectivity index (χ4n) is 2.44. The van der Waals surface area contributed by atoms with Crippen LogP contribution in [0.25, 0.3) is 0 Å².